The summed E-state index contributed by atoms with van der Waals surface area (Å²) in [4.78, 5) is 4.27. The van der Waals surface area contributed by atoms with Crippen LogP contribution in [-0.4, -0.2) is 17.6 Å². The maximum Gasteiger partial charge on any atom is 0.131 e. The molecule has 1 aromatic carbocycles. The lowest BCUT2D eigenvalue weighted by Gasteiger charge is -2.28. The minimum absolute atomic E-state index is 0.0512. The Hall–Kier alpha value is -2.07. The van der Waals surface area contributed by atoms with Crippen LogP contribution in [0.2, 0.25) is 0 Å². The number of nitrogens with two attached hydrogens (primary N) is 1. The quantitative estimate of drug-likeness (QED) is 0.857. The third kappa shape index (κ3) is 3.54. The van der Waals surface area contributed by atoms with Crippen molar-refractivity contribution in [3.05, 3.63) is 42.2 Å². The number of hydrogen-bond acceptors (Lipinski definition) is 4. The molecule has 2 N–H and O–H groups in total. The maximum absolute atomic E-state index is 6.18. The van der Waals surface area contributed by atoms with Crippen LogP contribution in [0.5, 0.6) is 11.5 Å². The first kappa shape index (κ1) is 16.8. The average molecular weight is 326 g/mol. The number of fused-ring (bicyclic) bond motifs is 3. The molecule has 1 aromatic heterocycles. The molecule has 1 unspecified atom stereocenters. The van der Waals surface area contributed by atoms with Gasteiger partial charge in [-0.15, -0.1) is 0 Å². The van der Waals surface area contributed by atoms with Crippen molar-refractivity contribution in [2.75, 3.05) is 6.61 Å². The molecule has 2 aromatic rings. The van der Waals surface area contributed by atoms with E-state index in [1.165, 1.54) is 5.56 Å². The van der Waals surface area contributed by atoms with E-state index in [0.29, 0.717) is 12.5 Å². The molecule has 4 nitrogen and oxygen atoms in total. The fourth-order valence-electron chi connectivity index (χ4n) is 3.22. The summed E-state index contributed by atoms with van der Waals surface area (Å²) < 4.78 is 12.1. The molecule has 1 aliphatic heterocycles. The minimum atomic E-state index is 0.0512. The zero-order valence-corrected chi connectivity index (χ0v) is 14.7. The van der Waals surface area contributed by atoms with E-state index in [0.717, 1.165) is 35.5 Å². The number of nitrogens with zero attached hydrogens (tertiary/aromatic N) is 1. The fraction of sp³-hybridized carbons (Fsp3) is 0.450. The van der Waals surface area contributed by atoms with Gasteiger partial charge in [0.25, 0.3) is 0 Å². The summed E-state index contributed by atoms with van der Waals surface area (Å²) in [7, 11) is 0. The molecule has 1 aliphatic rings. The predicted molar refractivity (Wildman–Crippen MR) is 96.3 cm³/mol. The van der Waals surface area contributed by atoms with Gasteiger partial charge < -0.3 is 15.2 Å². The molecule has 3 rings (SSSR count). The van der Waals surface area contributed by atoms with E-state index in [4.69, 9.17) is 15.2 Å². The normalized spacial score (nSPS) is 17.0. The van der Waals surface area contributed by atoms with Crippen molar-refractivity contribution in [1.82, 2.24) is 4.98 Å². The Morgan fingerprint density at radius 2 is 2.08 bits per heavy atom. The summed E-state index contributed by atoms with van der Waals surface area (Å²) in [6.45, 7) is 6.99. The Bertz CT molecular complexity index is 700. The van der Waals surface area contributed by atoms with E-state index in [1.807, 2.05) is 36.7 Å². The standard InChI is InChI=1S/C20H26N2O2/c1-4-19-17-7-8-22-11-18(17)16-6-5-15(10-20(16)24-19)23-12-14(21)9-13(2)3/h5-8,10-11,13-14,19H,4,9,12,21H2,1-3H3/t14-,19?/m0/s1. The molecule has 0 radical (unpaired) electrons. The largest absolute Gasteiger partial charge is 0.492 e. The molecule has 4 heteroatoms. The predicted octanol–water partition coefficient (Wildman–Crippen LogP) is 4.34. The first-order valence-corrected chi connectivity index (χ1v) is 8.71. The van der Waals surface area contributed by atoms with Crippen LogP contribution in [0.25, 0.3) is 11.1 Å². The highest BCUT2D eigenvalue weighted by Gasteiger charge is 2.25. The van der Waals surface area contributed by atoms with Crippen LogP contribution in [-0.2, 0) is 0 Å². The fourth-order valence-corrected chi connectivity index (χ4v) is 3.22. The number of ether oxygens (including phenoxy) is 2. The molecule has 0 saturated heterocycles. The molecule has 0 saturated carbocycles. The van der Waals surface area contributed by atoms with Crippen LogP contribution in [0.15, 0.2) is 36.7 Å². The van der Waals surface area contributed by atoms with E-state index >= 15 is 0 Å². The smallest absolute Gasteiger partial charge is 0.131 e. The molecule has 24 heavy (non-hydrogen) atoms. The number of pyridine rings is 1. The maximum atomic E-state index is 6.18. The molecule has 128 valence electrons. The SMILES string of the molecule is CCC1Oc2cc(OC[C@@H](N)CC(C)C)ccc2-c2cnccc21. The Balaban J connectivity index is 1.80. The van der Waals surface area contributed by atoms with Crippen molar-refractivity contribution < 1.29 is 9.47 Å². The lowest BCUT2D eigenvalue weighted by molar-refractivity contribution is 0.196. The van der Waals surface area contributed by atoms with Gasteiger partial charge in [0.05, 0.1) is 0 Å². The third-order valence-corrected chi connectivity index (χ3v) is 4.32. The van der Waals surface area contributed by atoms with Gasteiger partial charge in [-0.05, 0) is 37.0 Å². The lowest BCUT2D eigenvalue weighted by atomic mass is 9.93. The Morgan fingerprint density at radius 3 is 2.83 bits per heavy atom. The van der Waals surface area contributed by atoms with Gasteiger partial charge in [-0.1, -0.05) is 20.8 Å². The Morgan fingerprint density at radius 1 is 1.25 bits per heavy atom. The van der Waals surface area contributed by atoms with E-state index in [-0.39, 0.29) is 12.1 Å². The van der Waals surface area contributed by atoms with Crippen molar-refractivity contribution >= 4 is 0 Å². The summed E-state index contributed by atoms with van der Waals surface area (Å²) in [6, 6.07) is 8.09. The third-order valence-electron chi connectivity index (χ3n) is 4.32. The zero-order chi connectivity index (χ0) is 17.1. The summed E-state index contributed by atoms with van der Waals surface area (Å²) in [6.07, 6.45) is 5.68. The Labute approximate surface area is 144 Å². The molecule has 0 bridgehead atoms. The molecule has 2 heterocycles. The second-order valence-electron chi connectivity index (χ2n) is 6.84. The highest BCUT2D eigenvalue weighted by Crippen LogP contribution is 2.44. The van der Waals surface area contributed by atoms with E-state index < -0.39 is 0 Å². The van der Waals surface area contributed by atoms with Crippen LogP contribution >= 0.6 is 0 Å². The molecule has 0 fully saturated rings. The molecule has 0 aliphatic carbocycles. The van der Waals surface area contributed by atoms with Gasteiger partial charge in [0.1, 0.15) is 24.2 Å². The van der Waals surface area contributed by atoms with Gasteiger partial charge in [0.15, 0.2) is 0 Å². The van der Waals surface area contributed by atoms with Crippen LogP contribution in [0.3, 0.4) is 0 Å². The zero-order valence-electron chi connectivity index (χ0n) is 14.7. The van der Waals surface area contributed by atoms with Crippen molar-refractivity contribution in [1.29, 1.82) is 0 Å². The number of benzene rings is 1. The van der Waals surface area contributed by atoms with Crippen LogP contribution in [0.4, 0.5) is 0 Å². The number of rotatable bonds is 6. The van der Waals surface area contributed by atoms with Gasteiger partial charge in [-0.2, -0.15) is 0 Å². The summed E-state index contributed by atoms with van der Waals surface area (Å²) in [5.41, 5.74) is 9.52. The average Bonchev–Trinajstić information content (AvgIpc) is 2.58. The molecule has 0 spiro atoms. The van der Waals surface area contributed by atoms with Gasteiger partial charge in [0, 0.05) is 41.2 Å². The van der Waals surface area contributed by atoms with E-state index in [9.17, 15) is 0 Å². The highest BCUT2D eigenvalue weighted by molar-refractivity contribution is 5.75. The summed E-state index contributed by atoms with van der Waals surface area (Å²) in [5.74, 6) is 2.23. The number of hydrogen-bond donors (Lipinski definition) is 1. The summed E-state index contributed by atoms with van der Waals surface area (Å²) >= 11 is 0. The van der Waals surface area contributed by atoms with Gasteiger partial charge in [0.2, 0.25) is 0 Å². The molecule has 2 atom stereocenters. The Kier molecular flexibility index (Phi) is 5.05. The monoisotopic (exact) mass is 326 g/mol. The molecular formula is C20H26N2O2. The van der Waals surface area contributed by atoms with E-state index in [1.54, 1.807) is 0 Å². The van der Waals surface area contributed by atoms with Gasteiger partial charge >= 0.3 is 0 Å². The summed E-state index contributed by atoms with van der Waals surface area (Å²) in [5, 5.41) is 0. The van der Waals surface area contributed by atoms with Crippen molar-refractivity contribution in [3.8, 4) is 22.6 Å². The first-order chi connectivity index (χ1) is 11.6. The topological polar surface area (TPSA) is 57.4 Å². The second-order valence-corrected chi connectivity index (χ2v) is 6.84. The van der Waals surface area contributed by atoms with Gasteiger partial charge in [-0.3, -0.25) is 4.98 Å². The number of aromatic nitrogens is 1. The molecule has 0 amide bonds. The second kappa shape index (κ2) is 7.22. The minimum Gasteiger partial charge on any atom is -0.492 e. The molecular weight excluding hydrogens is 300 g/mol. The van der Waals surface area contributed by atoms with Crippen LogP contribution < -0.4 is 15.2 Å². The first-order valence-electron chi connectivity index (χ1n) is 8.71. The van der Waals surface area contributed by atoms with Crippen molar-refractivity contribution in [2.24, 2.45) is 11.7 Å². The highest BCUT2D eigenvalue weighted by atomic mass is 16.5. The van der Waals surface area contributed by atoms with Gasteiger partial charge in [-0.25, -0.2) is 0 Å². The van der Waals surface area contributed by atoms with Crippen molar-refractivity contribution in [2.45, 2.75) is 45.8 Å². The van der Waals surface area contributed by atoms with Crippen LogP contribution in [0.1, 0.15) is 45.3 Å². The van der Waals surface area contributed by atoms with Crippen LogP contribution in [0, 0.1) is 5.92 Å². The lowest BCUT2D eigenvalue weighted by Crippen LogP contribution is -2.29. The van der Waals surface area contributed by atoms with E-state index in [2.05, 4.69) is 25.8 Å². The van der Waals surface area contributed by atoms with Crippen molar-refractivity contribution in [3.63, 3.8) is 0 Å².